The van der Waals surface area contributed by atoms with E-state index in [1.165, 1.54) is 4.31 Å². The highest BCUT2D eigenvalue weighted by atomic mass is 35.5. The second-order valence-corrected chi connectivity index (χ2v) is 13.6. The van der Waals surface area contributed by atoms with Gasteiger partial charge in [0.15, 0.2) is 0 Å². The Morgan fingerprint density at radius 3 is 2.13 bits per heavy atom. The number of halogens is 1. The quantitative estimate of drug-likeness (QED) is 0.210. The molecular weight excluding hydrogens is 608 g/mol. The number of aromatic nitrogens is 1. The van der Waals surface area contributed by atoms with Crippen LogP contribution in [0.3, 0.4) is 0 Å². The predicted octanol–water partition coefficient (Wildman–Crippen LogP) is 5.41. The summed E-state index contributed by atoms with van der Waals surface area (Å²) in [6, 6.07) is 26.6. The molecule has 1 aliphatic heterocycles. The van der Waals surface area contributed by atoms with Gasteiger partial charge in [-0.3, -0.25) is 14.6 Å². The van der Waals surface area contributed by atoms with Crippen LogP contribution in [0, 0.1) is 0 Å². The maximum atomic E-state index is 14.0. The second kappa shape index (κ2) is 15.3. The summed E-state index contributed by atoms with van der Waals surface area (Å²) >= 11 is 6.13. The van der Waals surface area contributed by atoms with E-state index >= 15 is 0 Å². The third-order valence-electron chi connectivity index (χ3n) is 8.01. The van der Waals surface area contributed by atoms with Gasteiger partial charge in [0.1, 0.15) is 6.04 Å². The third-order valence-corrected chi connectivity index (χ3v) is 10.2. The molecule has 10 heteroatoms. The average molecular weight is 645 g/mol. The molecule has 1 aromatic heterocycles. The SMILES string of the molecule is O=C(NCc1ccncc1)C(Cc1ccccc1)N(Cc1ccc(Cl)cc1)C(=O)CCc1ccc(S(=O)(=O)N2CCCC2)cc1. The summed E-state index contributed by atoms with van der Waals surface area (Å²) in [4.78, 5) is 33.8. The molecule has 1 unspecified atom stereocenters. The smallest absolute Gasteiger partial charge is 0.243 e. The minimum atomic E-state index is -3.51. The lowest BCUT2D eigenvalue weighted by Crippen LogP contribution is -2.50. The normalized spacial score (nSPS) is 14.2. The Bertz CT molecular complexity index is 1660. The standard InChI is InChI=1S/C35H37ClN4O4S/c36-31-13-8-30(9-14-31)26-40(33(24-28-6-2-1-3-7-28)35(42)38-25-29-18-20-37-21-19-29)34(41)17-12-27-10-15-32(16-11-27)45(43,44)39-22-4-5-23-39/h1-3,6-11,13-16,18-21,33H,4-5,12,17,22-26H2,(H,38,42). The van der Waals surface area contributed by atoms with E-state index in [4.69, 9.17) is 11.6 Å². The number of amides is 2. The highest BCUT2D eigenvalue weighted by Crippen LogP contribution is 2.22. The fraction of sp³-hybridized carbons (Fsp3) is 0.286. The van der Waals surface area contributed by atoms with Crippen molar-refractivity contribution in [3.8, 4) is 0 Å². The zero-order valence-corrected chi connectivity index (χ0v) is 26.6. The summed E-state index contributed by atoms with van der Waals surface area (Å²) in [7, 11) is -3.51. The van der Waals surface area contributed by atoms with Gasteiger partial charge in [0.2, 0.25) is 21.8 Å². The Hall–Kier alpha value is -4.05. The van der Waals surface area contributed by atoms with Crippen LogP contribution in [-0.2, 0) is 45.5 Å². The van der Waals surface area contributed by atoms with Crippen LogP contribution in [-0.4, -0.2) is 53.6 Å². The number of aryl methyl sites for hydroxylation is 1. The van der Waals surface area contributed by atoms with Crippen LogP contribution in [0.1, 0.15) is 41.5 Å². The highest BCUT2D eigenvalue weighted by Gasteiger charge is 2.31. The van der Waals surface area contributed by atoms with Crippen molar-refractivity contribution < 1.29 is 18.0 Å². The predicted molar refractivity (Wildman–Crippen MR) is 175 cm³/mol. The summed E-state index contributed by atoms with van der Waals surface area (Å²) < 4.78 is 27.4. The summed E-state index contributed by atoms with van der Waals surface area (Å²) in [5.41, 5.74) is 3.54. The molecule has 234 valence electrons. The number of carbonyl (C=O) groups is 2. The number of carbonyl (C=O) groups excluding carboxylic acids is 2. The van der Waals surface area contributed by atoms with Crippen LogP contribution >= 0.6 is 11.6 Å². The Morgan fingerprint density at radius 2 is 1.47 bits per heavy atom. The van der Waals surface area contributed by atoms with Crippen LogP contribution in [0.5, 0.6) is 0 Å². The fourth-order valence-corrected chi connectivity index (χ4v) is 7.09. The molecule has 1 saturated heterocycles. The van der Waals surface area contributed by atoms with Gasteiger partial charge in [0, 0.05) is 56.4 Å². The molecular formula is C35H37ClN4O4S. The van der Waals surface area contributed by atoms with Crippen molar-refractivity contribution in [3.05, 3.63) is 131 Å². The Kier molecular flexibility index (Phi) is 11.0. The van der Waals surface area contributed by atoms with Crippen molar-refractivity contribution in [2.75, 3.05) is 13.1 Å². The molecule has 0 radical (unpaired) electrons. The summed E-state index contributed by atoms with van der Waals surface area (Å²) in [6.07, 6.45) is 5.98. The number of pyridine rings is 1. The van der Waals surface area contributed by atoms with E-state index in [1.54, 1.807) is 53.7 Å². The maximum Gasteiger partial charge on any atom is 0.243 e. The molecule has 8 nitrogen and oxygen atoms in total. The molecule has 5 rings (SSSR count). The molecule has 1 atom stereocenters. The number of benzene rings is 3. The van der Waals surface area contributed by atoms with Crippen LogP contribution in [0.15, 0.2) is 108 Å². The number of nitrogens with zero attached hydrogens (tertiary/aromatic N) is 3. The van der Waals surface area contributed by atoms with Gasteiger partial charge in [-0.15, -0.1) is 0 Å². The zero-order valence-electron chi connectivity index (χ0n) is 25.0. The number of hydrogen-bond donors (Lipinski definition) is 1. The Balaban J connectivity index is 1.36. The first-order valence-electron chi connectivity index (χ1n) is 15.1. The van der Waals surface area contributed by atoms with Gasteiger partial charge >= 0.3 is 0 Å². The minimum Gasteiger partial charge on any atom is -0.350 e. The number of hydrogen-bond acceptors (Lipinski definition) is 5. The first kappa shape index (κ1) is 32.3. The van der Waals surface area contributed by atoms with Crippen molar-refractivity contribution in [2.45, 2.75) is 56.1 Å². The van der Waals surface area contributed by atoms with Gasteiger partial charge in [0.05, 0.1) is 4.90 Å². The van der Waals surface area contributed by atoms with Crippen molar-refractivity contribution >= 4 is 33.4 Å². The zero-order chi connectivity index (χ0) is 31.6. The van der Waals surface area contributed by atoms with Crippen LogP contribution in [0.4, 0.5) is 0 Å². The molecule has 1 N–H and O–H groups in total. The van der Waals surface area contributed by atoms with Crippen molar-refractivity contribution in [1.82, 2.24) is 19.5 Å². The van der Waals surface area contributed by atoms with Crippen LogP contribution in [0.25, 0.3) is 0 Å². The molecule has 0 aliphatic carbocycles. The second-order valence-electron chi connectivity index (χ2n) is 11.2. The molecule has 0 spiro atoms. The van der Waals surface area contributed by atoms with E-state index in [-0.39, 0.29) is 29.7 Å². The molecule has 2 heterocycles. The highest BCUT2D eigenvalue weighted by molar-refractivity contribution is 7.89. The van der Waals surface area contributed by atoms with E-state index in [1.807, 2.05) is 54.6 Å². The lowest BCUT2D eigenvalue weighted by molar-refractivity contribution is -0.141. The van der Waals surface area contributed by atoms with Crippen LogP contribution in [0.2, 0.25) is 5.02 Å². The van der Waals surface area contributed by atoms with E-state index < -0.39 is 16.1 Å². The molecule has 45 heavy (non-hydrogen) atoms. The summed E-state index contributed by atoms with van der Waals surface area (Å²) in [6.45, 7) is 1.62. The summed E-state index contributed by atoms with van der Waals surface area (Å²) in [5, 5.41) is 3.61. The monoisotopic (exact) mass is 644 g/mol. The van der Waals surface area contributed by atoms with Gasteiger partial charge in [-0.2, -0.15) is 4.31 Å². The minimum absolute atomic E-state index is 0.148. The summed E-state index contributed by atoms with van der Waals surface area (Å²) in [5.74, 6) is -0.437. The lowest BCUT2D eigenvalue weighted by Gasteiger charge is -2.32. The number of nitrogens with one attached hydrogen (secondary N) is 1. The van der Waals surface area contributed by atoms with E-state index in [2.05, 4.69) is 10.3 Å². The van der Waals surface area contributed by atoms with Crippen molar-refractivity contribution in [2.24, 2.45) is 0 Å². The van der Waals surface area contributed by atoms with E-state index in [0.29, 0.717) is 37.5 Å². The average Bonchev–Trinajstić information content (AvgIpc) is 3.63. The maximum absolute atomic E-state index is 14.0. The van der Waals surface area contributed by atoms with Gasteiger partial charge in [0.25, 0.3) is 0 Å². The largest absolute Gasteiger partial charge is 0.350 e. The molecule has 1 aliphatic rings. The molecule has 1 fully saturated rings. The van der Waals surface area contributed by atoms with Crippen LogP contribution < -0.4 is 5.32 Å². The molecule has 2 amide bonds. The molecule has 0 bridgehead atoms. The van der Waals surface area contributed by atoms with Gasteiger partial charge < -0.3 is 10.2 Å². The number of sulfonamides is 1. The van der Waals surface area contributed by atoms with Gasteiger partial charge in [-0.05, 0) is 77.9 Å². The van der Waals surface area contributed by atoms with Crippen molar-refractivity contribution in [3.63, 3.8) is 0 Å². The van der Waals surface area contributed by atoms with Gasteiger partial charge in [-0.25, -0.2) is 8.42 Å². The fourth-order valence-electron chi connectivity index (χ4n) is 5.45. The molecule has 0 saturated carbocycles. The Morgan fingerprint density at radius 1 is 0.822 bits per heavy atom. The lowest BCUT2D eigenvalue weighted by atomic mass is 10.0. The Labute approximate surface area is 270 Å². The van der Waals surface area contributed by atoms with E-state index in [9.17, 15) is 18.0 Å². The van der Waals surface area contributed by atoms with E-state index in [0.717, 1.165) is 35.1 Å². The van der Waals surface area contributed by atoms with Gasteiger partial charge in [-0.1, -0.05) is 66.2 Å². The molecule has 3 aromatic carbocycles. The first-order valence-corrected chi connectivity index (χ1v) is 16.9. The topological polar surface area (TPSA) is 99.7 Å². The van der Waals surface area contributed by atoms with Crippen molar-refractivity contribution in [1.29, 1.82) is 0 Å². The number of rotatable bonds is 13. The first-order chi connectivity index (χ1) is 21.8. The molecule has 4 aromatic rings. The third kappa shape index (κ3) is 8.78.